The van der Waals surface area contributed by atoms with Gasteiger partial charge in [0.05, 0.1) is 18.3 Å². The molecule has 3 rings (SSSR count). The molecule has 2 aromatic carbocycles. The van der Waals surface area contributed by atoms with Crippen LogP contribution in [-0.4, -0.2) is 35.6 Å². The number of carboxylic acid groups (broad SMARTS) is 1. The Balaban J connectivity index is 1.96. The summed E-state index contributed by atoms with van der Waals surface area (Å²) in [6.45, 7) is 5.32. The van der Waals surface area contributed by atoms with E-state index in [1.165, 1.54) is 24.0 Å². The predicted octanol–water partition coefficient (Wildman–Crippen LogP) is 1.74. The number of hydrogen-bond acceptors (Lipinski definition) is 7. The fraction of sp³-hybridized carbons (Fsp3) is 0.217. The van der Waals surface area contributed by atoms with Gasteiger partial charge in [-0.15, -0.1) is 0 Å². The van der Waals surface area contributed by atoms with E-state index in [0.717, 1.165) is 5.56 Å². The zero-order valence-electron chi connectivity index (χ0n) is 17.7. The van der Waals surface area contributed by atoms with Gasteiger partial charge in [0, 0.05) is 0 Å². The number of amides is 2. The van der Waals surface area contributed by atoms with E-state index in [1.807, 2.05) is 19.1 Å². The van der Waals surface area contributed by atoms with Crippen LogP contribution in [0.15, 0.2) is 48.0 Å². The summed E-state index contributed by atoms with van der Waals surface area (Å²) in [6, 6.07) is 11.8. The van der Waals surface area contributed by atoms with Gasteiger partial charge in [0.2, 0.25) is 0 Å². The zero-order valence-corrected chi connectivity index (χ0v) is 18.5. The molecule has 2 aromatic rings. The van der Waals surface area contributed by atoms with Crippen LogP contribution in [0.4, 0.5) is 5.69 Å². The van der Waals surface area contributed by atoms with Crippen LogP contribution >= 0.6 is 12.2 Å². The lowest BCUT2D eigenvalue weighted by molar-refractivity contribution is -0.312. The molecule has 0 aromatic heterocycles. The molecule has 1 heterocycles. The Bertz CT molecular complexity index is 1110. The van der Waals surface area contributed by atoms with Crippen LogP contribution in [-0.2, 0) is 14.4 Å². The number of benzene rings is 2. The SMILES string of the molecule is CCOc1cc(/C=C2\C(=O)NC(=S)N(c3ccc(C)cc3)C2=O)ccc1O[C@H](C)C(=O)[O-]. The highest BCUT2D eigenvalue weighted by Gasteiger charge is 2.34. The number of nitrogens with zero attached hydrogens (tertiary/aromatic N) is 1. The second-order valence-electron chi connectivity index (χ2n) is 7.01. The monoisotopic (exact) mass is 453 g/mol. The molecule has 0 radical (unpaired) electrons. The third-order valence-corrected chi connectivity index (χ3v) is 4.89. The number of carboxylic acids is 1. The number of carbonyl (C=O) groups is 3. The molecule has 1 aliphatic heterocycles. The van der Waals surface area contributed by atoms with E-state index in [9.17, 15) is 19.5 Å². The van der Waals surface area contributed by atoms with E-state index in [2.05, 4.69) is 5.32 Å². The number of ether oxygens (including phenoxy) is 2. The van der Waals surface area contributed by atoms with Crippen LogP contribution in [0.5, 0.6) is 11.5 Å². The number of rotatable bonds is 7. The Morgan fingerprint density at radius 3 is 2.50 bits per heavy atom. The van der Waals surface area contributed by atoms with E-state index in [1.54, 1.807) is 31.2 Å². The molecule has 0 saturated carbocycles. The van der Waals surface area contributed by atoms with Crippen molar-refractivity contribution >= 4 is 46.9 Å². The van der Waals surface area contributed by atoms with E-state index < -0.39 is 23.9 Å². The standard InChI is InChI=1S/C23H22N2O6S/c1-4-30-19-12-15(7-10-18(19)31-14(3)22(28)29)11-17-20(26)24-23(32)25(21(17)27)16-8-5-13(2)6-9-16/h5-12,14H,4H2,1-3H3,(H,28,29)(H,24,26,32)/p-1/b17-11+/t14-/m1/s1. The molecule has 166 valence electrons. The maximum atomic E-state index is 13.1. The van der Waals surface area contributed by atoms with Crippen LogP contribution in [0.2, 0.25) is 0 Å². The fourth-order valence-corrected chi connectivity index (χ4v) is 3.25. The zero-order chi connectivity index (χ0) is 23.4. The summed E-state index contributed by atoms with van der Waals surface area (Å²) in [5.41, 5.74) is 1.92. The highest BCUT2D eigenvalue weighted by molar-refractivity contribution is 7.80. The number of thiocarbonyl (C=S) groups is 1. The van der Waals surface area contributed by atoms with Crippen molar-refractivity contribution in [1.29, 1.82) is 0 Å². The van der Waals surface area contributed by atoms with Crippen molar-refractivity contribution in [1.82, 2.24) is 5.32 Å². The summed E-state index contributed by atoms with van der Waals surface area (Å²) in [6.07, 6.45) is 0.225. The van der Waals surface area contributed by atoms with Gasteiger partial charge in [-0.2, -0.15) is 0 Å². The lowest BCUT2D eigenvalue weighted by Gasteiger charge is -2.29. The summed E-state index contributed by atoms with van der Waals surface area (Å²) >= 11 is 5.20. The Labute approximate surface area is 190 Å². The first-order valence-electron chi connectivity index (χ1n) is 9.83. The molecule has 8 nitrogen and oxygen atoms in total. The highest BCUT2D eigenvalue weighted by atomic mass is 32.1. The molecule has 0 aliphatic carbocycles. The van der Waals surface area contributed by atoms with Crippen LogP contribution in [0.25, 0.3) is 6.08 Å². The van der Waals surface area contributed by atoms with Gasteiger partial charge in [0.15, 0.2) is 16.6 Å². The lowest BCUT2D eigenvalue weighted by atomic mass is 10.1. The summed E-state index contributed by atoms with van der Waals surface area (Å²) in [5.74, 6) is -2.08. The number of nitrogens with one attached hydrogen (secondary N) is 1. The van der Waals surface area contributed by atoms with Gasteiger partial charge in [-0.3, -0.25) is 19.8 Å². The van der Waals surface area contributed by atoms with Gasteiger partial charge in [-0.1, -0.05) is 23.8 Å². The van der Waals surface area contributed by atoms with Crippen molar-refractivity contribution in [3.8, 4) is 11.5 Å². The van der Waals surface area contributed by atoms with Crippen LogP contribution in [0.1, 0.15) is 25.0 Å². The first kappa shape index (κ1) is 23.0. The average molecular weight is 453 g/mol. The van der Waals surface area contributed by atoms with Gasteiger partial charge in [0.25, 0.3) is 11.8 Å². The molecule has 2 amide bonds. The molecule has 1 atom stereocenters. The first-order valence-corrected chi connectivity index (χ1v) is 10.2. The maximum absolute atomic E-state index is 13.1. The molecular weight excluding hydrogens is 432 g/mol. The molecule has 9 heteroatoms. The molecule has 32 heavy (non-hydrogen) atoms. The molecule has 1 fully saturated rings. The minimum atomic E-state index is -1.37. The van der Waals surface area contributed by atoms with Crippen LogP contribution in [0, 0.1) is 6.92 Å². The van der Waals surface area contributed by atoms with E-state index >= 15 is 0 Å². The fourth-order valence-electron chi connectivity index (χ4n) is 2.97. The quantitative estimate of drug-likeness (QED) is 0.387. The Morgan fingerprint density at radius 2 is 1.88 bits per heavy atom. The number of hydrogen-bond donors (Lipinski definition) is 1. The van der Waals surface area contributed by atoms with Crippen molar-refractivity contribution in [2.45, 2.75) is 26.9 Å². The number of carbonyl (C=O) groups excluding carboxylic acids is 3. The molecule has 0 spiro atoms. The van der Waals surface area contributed by atoms with E-state index in [4.69, 9.17) is 21.7 Å². The molecule has 1 saturated heterocycles. The van der Waals surface area contributed by atoms with Gasteiger partial charge in [-0.25, -0.2) is 0 Å². The predicted molar refractivity (Wildman–Crippen MR) is 120 cm³/mol. The first-order chi connectivity index (χ1) is 15.2. The number of aryl methyl sites for hydroxylation is 1. The van der Waals surface area contributed by atoms with Crippen molar-refractivity contribution in [2.75, 3.05) is 11.5 Å². The summed E-state index contributed by atoms with van der Waals surface area (Å²) in [7, 11) is 0. The summed E-state index contributed by atoms with van der Waals surface area (Å²) in [4.78, 5) is 37.9. The van der Waals surface area contributed by atoms with Crippen molar-refractivity contribution in [3.63, 3.8) is 0 Å². The maximum Gasteiger partial charge on any atom is 0.270 e. The molecule has 1 N–H and O–H groups in total. The summed E-state index contributed by atoms with van der Waals surface area (Å²) < 4.78 is 10.9. The normalized spacial score (nSPS) is 16.0. The minimum absolute atomic E-state index is 0.00368. The molecule has 1 aliphatic rings. The van der Waals surface area contributed by atoms with Gasteiger partial charge < -0.3 is 19.4 Å². The Kier molecular flexibility index (Phi) is 6.89. The average Bonchev–Trinajstić information content (AvgIpc) is 2.74. The number of aliphatic carboxylic acids is 1. The van der Waals surface area contributed by atoms with E-state index in [-0.39, 0.29) is 22.2 Å². The van der Waals surface area contributed by atoms with Gasteiger partial charge >= 0.3 is 0 Å². The second-order valence-corrected chi connectivity index (χ2v) is 7.40. The molecular formula is C23H21N2O6S-. The van der Waals surface area contributed by atoms with Crippen molar-refractivity contribution < 1.29 is 29.0 Å². The number of anilines is 1. The summed E-state index contributed by atoms with van der Waals surface area (Å²) in [5, 5.41) is 13.5. The smallest absolute Gasteiger partial charge is 0.270 e. The highest BCUT2D eigenvalue weighted by Crippen LogP contribution is 2.31. The van der Waals surface area contributed by atoms with Crippen molar-refractivity contribution in [3.05, 3.63) is 59.2 Å². The van der Waals surface area contributed by atoms with Crippen molar-refractivity contribution in [2.24, 2.45) is 0 Å². The van der Waals surface area contributed by atoms with Crippen LogP contribution in [0.3, 0.4) is 0 Å². The molecule has 0 unspecified atom stereocenters. The second kappa shape index (κ2) is 9.61. The van der Waals surface area contributed by atoms with Crippen LogP contribution < -0.4 is 24.8 Å². The largest absolute Gasteiger partial charge is 0.546 e. The molecule has 0 bridgehead atoms. The van der Waals surface area contributed by atoms with E-state index in [0.29, 0.717) is 17.9 Å². The third kappa shape index (κ3) is 4.94. The minimum Gasteiger partial charge on any atom is -0.546 e. The topological polar surface area (TPSA) is 108 Å². The Hall–Kier alpha value is -3.72. The van der Waals surface area contributed by atoms with Gasteiger partial charge in [0.1, 0.15) is 11.7 Å². The third-order valence-electron chi connectivity index (χ3n) is 4.61. The Morgan fingerprint density at radius 1 is 1.19 bits per heavy atom. The van der Waals surface area contributed by atoms with Gasteiger partial charge in [-0.05, 0) is 68.9 Å². The lowest BCUT2D eigenvalue weighted by Crippen LogP contribution is -2.54.